The molecule has 0 spiro atoms. The fraction of sp³-hybridized carbons (Fsp3) is 0.167. The highest BCUT2D eigenvalue weighted by Gasteiger charge is 2.34. The molecule has 2 aromatic carbocycles. The number of ether oxygens (including phenoxy) is 1. The van der Waals surface area contributed by atoms with E-state index < -0.39 is 26.0 Å². The van der Waals surface area contributed by atoms with Crippen LogP contribution < -0.4 is 0 Å². The van der Waals surface area contributed by atoms with Crippen molar-refractivity contribution in [2.24, 2.45) is 0 Å². The number of phosphoric ester groups is 1. The van der Waals surface area contributed by atoms with Crippen LogP contribution in [0.3, 0.4) is 0 Å². The molecule has 0 aliphatic carbocycles. The molecule has 0 saturated carbocycles. The number of phosphoric acid groups is 1. The molecule has 2 unspecified atom stereocenters. The van der Waals surface area contributed by atoms with Crippen molar-refractivity contribution in [3.63, 3.8) is 0 Å². The van der Waals surface area contributed by atoms with Gasteiger partial charge in [0.05, 0.1) is 0 Å². The molecule has 6 nitrogen and oxygen atoms in total. The highest BCUT2D eigenvalue weighted by atomic mass is 31.2. The highest BCUT2D eigenvalue weighted by molar-refractivity contribution is 7.46. The van der Waals surface area contributed by atoms with Crippen molar-refractivity contribution < 1.29 is 28.4 Å². The SMILES string of the molecule is C=C(C)C(=O)OC(c1ccccc1)C(OP(=O)(O)O)c1ccccc1. The Labute approximate surface area is 146 Å². The van der Waals surface area contributed by atoms with Crippen LogP contribution in [0.15, 0.2) is 72.8 Å². The summed E-state index contributed by atoms with van der Waals surface area (Å²) >= 11 is 0. The minimum absolute atomic E-state index is 0.170. The van der Waals surface area contributed by atoms with Crippen LogP contribution in [-0.2, 0) is 18.6 Å². The molecular formula is C18H19O6P. The minimum atomic E-state index is -4.84. The number of esters is 1. The Kier molecular flexibility index (Phi) is 6.28. The Morgan fingerprint density at radius 2 is 1.40 bits per heavy atom. The van der Waals surface area contributed by atoms with Crippen LogP contribution in [0.2, 0.25) is 0 Å². The predicted molar refractivity (Wildman–Crippen MR) is 92.4 cm³/mol. The second kappa shape index (κ2) is 8.23. The smallest absolute Gasteiger partial charge is 0.451 e. The summed E-state index contributed by atoms with van der Waals surface area (Å²) in [4.78, 5) is 30.7. The van der Waals surface area contributed by atoms with Gasteiger partial charge >= 0.3 is 13.8 Å². The monoisotopic (exact) mass is 362 g/mol. The summed E-state index contributed by atoms with van der Waals surface area (Å²) in [6.45, 7) is 5.03. The van der Waals surface area contributed by atoms with Gasteiger partial charge in [0.15, 0.2) is 6.10 Å². The fourth-order valence-electron chi connectivity index (χ4n) is 2.24. The molecule has 0 aromatic heterocycles. The standard InChI is InChI=1S/C18H19O6P/c1-13(2)18(19)23-16(14-9-5-3-6-10-14)17(24-25(20,21)22)15-11-7-4-8-12-15/h3-12,16-17H,1H2,2H3,(H2,20,21,22). The van der Waals surface area contributed by atoms with Gasteiger partial charge in [0.2, 0.25) is 0 Å². The largest absolute Gasteiger partial charge is 0.470 e. The highest BCUT2D eigenvalue weighted by Crippen LogP contribution is 2.48. The molecule has 0 heterocycles. The first-order chi connectivity index (χ1) is 11.8. The molecule has 0 saturated heterocycles. The Hall–Kier alpha value is -2.24. The maximum atomic E-state index is 12.1. The summed E-state index contributed by atoms with van der Waals surface area (Å²) in [7, 11) is -4.84. The molecule has 0 radical (unpaired) electrons. The van der Waals surface area contributed by atoms with E-state index in [4.69, 9.17) is 9.26 Å². The first-order valence-electron chi connectivity index (χ1n) is 7.48. The Balaban J connectivity index is 2.50. The summed E-state index contributed by atoms with van der Waals surface area (Å²) in [6, 6.07) is 17.1. The van der Waals surface area contributed by atoms with Gasteiger partial charge in [-0.15, -0.1) is 0 Å². The molecule has 25 heavy (non-hydrogen) atoms. The van der Waals surface area contributed by atoms with Gasteiger partial charge in [0.1, 0.15) is 6.10 Å². The van der Waals surface area contributed by atoms with E-state index in [9.17, 15) is 19.1 Å². The lowest BCUT2D eigenvalue weighted by Crippen LogP contribution is -2.20. The number of carbonyl (C=O) groups is 1. The van der Waals surface area contributed by atoms with Gasteiger partial charge in [-0.25, -0.2) is 9.36 Å². The average Bonchev–Trinajstić information content (AvgIpc) is 2.58. The molecule has 2 N–H and O–H groups in total. The van der Waals surface area contributed by atoms with E-state index >= 15 is 0 Å². The van der Waals surface area contributed by atoms with E-state index in [1.807, 2.05) is 0 Å². The first-order valence-corrected chi connectivity index (χ1v) is 9.01. The van der Waals surface area contributed by atoms with Gasteiger partial charge in [0, 0.05) is 5.57 Å². The van der Waals surface area contributed by atoms with Gasteiger partial charge in [0.25, 0.3) is 0 Å². The Morgan fingerprint density at radius 1 is 0.960 bits per heavy atom. The summed E-state index contributed by atoms with van der Waals surface area (Å²) < 4.78 is 21.9. The molecule has 132 valence electrons. The number of hydrogen-bond donors (Lipinski definition) is 2. The molecule has 2 rings (SSSR count). The van der Waals surface area contributed by atoms with E-state index in [0.29, 0.717) is 11.1 Å². The molecule has 0 aliphatic heterocycles. The van der Waals surface area contributed by atoms with Crippen molar-refractivity contribution in [3.05, 3.63) is 83.9 Å². The van der Waals surface area contributed by atoms with Crippen LogP contribution >= 0.6 is 7.82 Å². The van der Waals surface area contributed by atoms with Crippen molar-refractivity contribution in [1.29, 1.82) is 0 Å². The van der Waals surface area contributed by atoms with Crippen LogP contribution in [0, 0.1) is 0 Å². The summed E-state index contributed by atoms with van der Waals surface area (Å²) in [5.74, 6) is -0.677. The Morgan fingerprint density at radius 3 is 1.80 bits per heavy atom. The molecule has 0 bridgehead atoms. The number of carbonyl (C=O) groups excluding carboxylic acids is 1. The second-order valence-corrected chi connectivity index (χ2v) is 6.64. The summed E-state index contributed by atoms with van der Waals surface area (Å²) in [6.07, 6.45) is -2.24. The maximum Gasteiger partial charge on any atom is 0.470 e. The van der Waals surface area contributed by atoms with E-state index in [1.54, 1.807) is 60.7 Å². The summed E-state index contributed by atoms with van der Waals surface area (Å²) in [5.41, 5.74) is 1.18. The van der Waals surface area contributed by atoms with Gasteiger partial charge < -0.3 is 14.5 Å². The van der Waals surface area contributed by atoms with Gasteiger partial charge in [-0.2, -0.15) is 0 Å². The lowest BCUT2D eigenvalue weighted by atomic mass is 9.98. The zero-order chi connectivity index (χ0) is 18.4. The number of hydrogen-bond acceptors (Lipinski definition) is 4. The molecule has 7 heteroatoms. The lowest BCUT2D eigenvalue weighted by Gasteiger charge is -2.28. The average molecular weight is 362 g/mol. The van der Waals surface area contributed by atoms with Crippen molar-refractivity contribution in [1.82, 2.24) is 0 Å². The molecule has 0 fully saturated rings. The van der Waals surface area contributed by atoms with Crippen LogP contribution in [-0.4, -0.2) is 15.8 Å². The third-order valence-electron chi connectivity index (χ3n) is 3.36. The van der Waals surface area contributed by atoms with Crippen molar-refractivity contribution >= 4 is 13.8 Å². The number of benzene rings is 2. The normalized spacial score (nSPS) is 13.7. The van der Waals surface area contributed by atoms with Gasteiger partial charge in [-0.05, 0) is 18.1 Å². The predicted octanol–water partition coefficient (Wildman–Crippen LogP) is 3.70. The molecule has 2 aromatic rings. The fourth-order valence-corrected chi connectivity index (χ4v) is 2.77. The molecule has 0 aliphatic rings. The van der Waals surface area contributed by atoms with E-state index in [1.165, 1.54) is 6.92 Å². The summed E-state index contributed by atoms with van der Waals surface area (Å²) in [5, 5.41) is 0. The van der Waals surface area contributed by atoms with E-state index in [2.05, 4.69) is 6.58 Å². The molecular weight excluding hydrogens is 343 g/mol. The molecule has 0 amide bonds. The van der Waals surface area contributed by atoms with Crippen LogP contribution in [0.25, 0.3) is 0 Å². The topological polar surface area (TPSA) is 93.1 Å². The van der Waals surface area contributed by atoms with E-state index in [0.717, 1.165) is 0 Å². The van der Waals surface area contributed by atoms with Crippen molar-refractivity contribution in [2.75, 3.05) is 0 Å². The van der Waals surface area contributed by atoms with Crippen LogP contribution in [0.4, 0.5) is 0 Å². The van der Waals surface area contributed by atoms with Crippen LogP contribution in [0.5, 0.6) is 0 Å². The van der Waals surface area contributed by atoms with Gasteiger partial charge in [-0.3, -0.25) is 4.52 Å². The second-order valence-electron chi connectivity index (χ2n) is 5.44. The van der Waals surface area contributed by atoms with Crippen molar-refractivity contribution in [3.8, 4) is 0 Å². The molecule has 2 atom stereocenters. The lowest BCUT2D eigenvalue weighted by molar-refractivity contribution is -0.150. The zero-order valence-electron chi connectivity index (χ0n) is 13.6. The maximum absolute atomic E-state index is 12.1. The quantitative estimate of drug-likeness (QED) is 0.443. The minimum Gasteiger partial charge on any atom is -0.451 e. The van der Waals surface area contributed by atoms with E-state index in [-0.39, 0.29) is 5.57 Å². The first kappa shape index (κ1) is 19.1. The third-order valence-corrected chi connectivity index (χ3v) is 3.87. The van der Waals surface area contributed by atoms with Gasteiger partial charge in [-0.1, -0.05) is 67.2 Å². The van der Waals surface area contributed by atoms with Crippen molar-refractivity contribution in [2.45, 2.75) is 19.1 Å². The van der Waals surface area contributed by atoms with Crippen LogP contribution in [0.1, 0.15) is 30.3 Å². The third kappa shape index (κ3) is 5.66. The Bertz CT molecular complexity index is 769. The number of rotatable bonds is 7. The zero-order valence-corrected chi connectivity index (χ0v) is 14.5.